The first-order valence-electron chi connectivity index (χ1n) is 6.20. The zero-order valence-electron chi connectivity index (χ0n) is 11.0. The third kappa shape index (κ3) is 2.96. The van der Waals surface area contributed by atoms with Gasteiger partial charge in [-0.1, -0.05) is 20.8 Å². The molecule has 1 saturated carbocycles. The van der Waals surface area contributed by atoms with Crippen molar-refractivity contribution in [2.75, 3.05) is 0 Å². The highest BCUT2D eigenvalue weighted by Crippen LogP contribution is 2.35. The summed E-state index contributed by atoms with van der Waals surface area (Å²) in [6, 6.07) is 1.53. The number of rotatable bonds is 3. The Morgan fingerprint density at radius 2 is 2.06 bits per heavy atom. The minimum Gasteiger partial charge on any atom is -0.472 e. The highest BCUT2D eigenvalue weighted by molar-refractivity contribution is 5.25. The second kappa shape index (κ2) is 4.28. The number of halogens is 1. The number of aromatic nitrogens is 1. The average molecular weight is 237 g/mol. The molecule has 1 aliphatic carbocycles. The molecule has 0 N–H and O–H groups in total. The van der Waals surface area contributed by atoms with Crippen LogP contribution in [-0.4, -0.2) is 11.1 Å². The first-order valence-corrected chi connectivity index (χ1v) is 6.20. The molecule has 0 amide bonds. The third-order valence-electron chi connectivity index (χ3n) is 3.26. The fraction of sp³-hybridized carbons (Fsp3) is 0.643. The lowest BCUT2D eigenvalue weighted by Crippen LogP contribution is -2.17. The van der Waals surface area contributed by atoms with Crippen LogP contribution in [0, 0.1) is 11.7 Å². The summed E-state index contributed by atoms with van der Waals surface area (Å²) in [6.45, 7) is 8.10. The number of nitrogens with zero attached hydrogens (tertiary/aromatic N) is 1. The number of ether oxygens (including phenoxy) is 1. The van der Waals surface area contributed by atoms with E-state index in [4.69, 9.17) is 4.74 Å². The van der Waals surface area contributed by atoms with Crippen LogP contribution in [0.4, 0.5) is 4.39 Å². The Hall–Kier alpha value is -1.12. The second-order valence-corrected chi connectivity index (χ2v) is 5.92. The van der Waals surface area contributed by atoms with E-state index in [2.05, 4.69) is 4.98 Å². The Bertz CT molecular complexity index is 407. The SMILES string of the molecule is CC(Oc1ncc(C(C)(C)C)cc1F)C1CC1. The fourth-order valence-corrected chi connectivity index (χ4v) is 1.76. The van der Waals surface area contributed by atoms with Crippen LogP contribution in [0.15, 0.2) is 12.3 Å². The number of hydrogen-bond donors (Lipinski definition) is 0. The van der Waals surface area contributed by atoms with Gasteiger partial charge in [0.15, 0.2) is 5.82 Å². The standard InChI is InChI=1S/C14H20FNO/c1-9(10-5-6-10)17-13-12(15)7-11(8-16-13)14(2,3)4/h7-10H,5-6H2,1-4H3. The Kier molecular flexibility index (Phi) is 3.11. The Balaban J connectivity index is 2.13. The van der Waals surface area contributed by atoms with Crippen LogP contribution in [-0.2, 0) is 5.41 Å². The molecular formula is C14H20FNO. The number of hydrogen-bond acceptors (Lipinski definition) is 2. The summed E-state index contributed by atoms with van der Waals surface area (Å²) in [7, 11) is 0. The first-order chi connectivity index (χ1) is 7.88. The third-order valence-corrected chi connectivity index (χ3v) is 3.26. The molecule has 0 aliphatic heterocycles. The van der Waals surface area contributed by atoms with Crippen molar-refractivity contribution in [3.63, 3.8) is 0 Å². The van der Waals surface area contributed by atoms with Crippen molar-refractivity contribution in [3.8, 4) is 5.88 Å². The van der Waals surface area contributed by atoms with Gasteiger partial charge in [-0.05, 0) is 42.7 Å². The van der Waals surface area contributed by atoms with Gasteiger partial charge in [-0.3, -0.25) is 0 Å². The van der Waals surface area contributed by atoms with E-state index in [1.807, 2.05) is 27.7 Å². The van der Waals surface area contributed by atoms with Crippen LogP contribution in [0.3, 0.4) is 0 Å². The summed E-state index contributed by atoms with van der Waals surface area (Å²) in [5.41, 5.74) is 0.801. The molecule has 1 fully saturated rings. The van der Waals surface area contributed by atoms with Crippen molar-refractivity contribution in [2.45, 2.75) is 52.1 Å². The van der Waals surface area contributed by atoms with Crippen molar-refractivity contribution >= 4 is 0 Å². The molecule has 94 valence electrons. The molecule has 17 heavy (non-hydrogen) atoms. The molecule has 2 rings (SSSR count). The summed E-state index contributed by atoms with van der Waals surface area (Å²) in [6.07, 6.45) is 4.14. The summed E-state index contributed by atoms with van der Waals surface area (Å²) in [4.78, 5) is 4.10. The zero-order valence-corrected chi connectivity index (χ0v) is 11.0. The normalized spacial score (nSPS) is 17.9. The van der Waals surface area contributed by atoms with E-state index in [9.17, 15) is 4.39 Å². The smallest absolute Gasteiger partial charge is 0.250 e. The summed E-state index contributed by atoms with van der Waals surface area (Å²) in [5.74, 6) is 0.362. The molecule has 1 aromatic heterocycles. The van der Waals surface area contributed by atoms with Crippen LogP contribution >= 0.6 is 0 Å². The highest BCUT2D eigenvalue weighted by Gasteiger charge is 2.30. The van der Waals surface area contributed by atoms with E-state index in [0.29, 0.717) is 5.92 Å². The van der Waals surface area contributed by atoms with Gasteiger partial charge in [0.25, 0.3) is 5.88 Å². The van der Waals surface area contributed by atoms with Gasteiger partial charge in [0.1, 0.15) is 6.10 Å². The van der Waals surface area contributed by atoms with Crippen molar-refractivity contribution < 1.29 is 9.13 Å². The molecule has 0 radical (unpaired) electrons. The topological polar surface area (TPSA) is 22.1 Å². The highest BCUT2D eigenvalue weighted by atomic mass is 19.1. The monoisotopic (exact) mass is 237 g/mol. The van der Waals surface area contributed by atoms with Gasteiger partial charge in [0, 0.05) is 6.20 Å². The van der Waals surface area contributed by atoms with Crippen molar-refractivity contribution in [1.82, 2.24) is 4.98 Å². The van der Waals surface area contributed by atoms with Crippen molar-refractivity contribution in [3.05, 3.63) is 23.6 Å². The van der Waals surface area contributed by atoms with Crippen molar-refractivity contribution in [1.29, 1.82) is 0 Å². The summed E-state index contributed by atoms with van der Waals surface area (Å²) in [5, 5.41) is 0. The molecule has 2 nitrogen and oxygen atoms in total. The molecule has 0 spiro atoms. The van der Waals surface area contributed by atoms with E-state index in [1.165, 1.54) is 18.9 Å². The molecule has 0 bridgehead atoms. The minimum atomic E-state index is -0.357. The number of pyridine rings is 1. The van der Waals surface area contributed by atoms with Gasteiger partial charge in [-0.25, -0.2) is 9.37 Å². The summed E-state index contributed by atoms with van der Waals surface area (Å²) >= 11 is 0. The van der Waals surface area contributed by atoms with Gasteiger partial charge >= 0.3 is 0 Å². The van der Waals surface area contributed by atoms with E-state index in [0.717, 1.165) is 5.56 Å². The van der Waals surface area contributed by atoms with E-state index in [-0.39, 0.29) is 23.2 Å². The molecule has 1 aromatic rings. The second-order valence-electron chi connectivity index (χ2n) is 5.92. The molecule has 0 aromatic carbocycles. The maximum absolute atomic E-state index is 13.8. The maximum Gasteiger partial charge on any atom is 0.250 e. The van der Waals surface area contributed by atoms with E-state index >= 15 is 0 Å². The largest absolute Gasteiger partial charge is 0.472 e. The predicted molar refractivity (Wildman–Crippen MR) is 65.7 cm³/mol. The molecule has 3 heteroatoms. The van der Waals surface area contributed by atoms with Gasteiger partial charge < -0.3 is 4.74 Å². The van der Waals surface area contributed by atoms with Crippen molar-refractivity contribution in [2.24, 2.45) is 5.92 Å². The fourth-order valence-electron chi connectivity index (χ4n) is 1.76. The van der Waals surface area contributed by atoms with Gasteiger partial charge in [-0.15, -0.1) is 0 Å². The molecule has 1 aliphatic rings. The zero-order chi connectivity index (χ0) is 12.6. The van der Waals surface area contributed by atoms with Gasteiger partial charge in [0.05, 0.1) is 0 Å². The molecule has 1 heterocycles. The van der Waals surface area contributed by atoms with Crippen LogP contribution in [0.25, 0.3) is 0 Å². The Morgan fingerprint density at radius 3 is 2.53 bits per heavy atom. The van der Waals surface area contributed by atoms with Crippen LogP contribution in [0.5, 0.6) is 5.88 Å². The van der Waals surface area contributed by atoms with Gasteiger partial charge in [-0.2, -0.15) is 0 Å². The lowest BCUT2D eigenvalue weighted by atomic mass is 9.88. The molecule has 0 saturated heterocycles. The Labute approximate surface area is 102 Å². The van der Waals surface area contributed by atoms with E-state index in [1.54, 1.807) is 6.20 Å². The summed E-state index contributed by atoms with van der Waals surface area (Å²) < 4.78 is 19.4. The molecule has 1 atom stereocenters. The van der Waals surface area contributed by atoms with Crippen LogP contribution in [0.1, 0.15) is 46.1 Å². The van der Waals surface area contributed by atoms with E-state index < -0.39 is 0 Å². The van der Waals surface area contributed by atoms with Crippen LogP contribution in [0.2, 0.25) is 0 Å². The Morgan fingerprint density at radius 1 is 1.41 bits per heavy atom. The maximum atomic E-state index is 13.8. The molecule has 1 unspecified atom stereocenters. The predicted octanol–water partition coefficient (Wildman–Crippen LogP) is 3.70. The first kappa shape index (κ1) is 12.3. The molecular weight excluding hydrogens is 217 g/mol. The van der Waals surface area contributed by atoms with Crippen LogP contribution < -0.4 is 4.74 Å². The lowest BCUT2D eigenvalue weighted by molar-refractivity contribution is 0.180. The average Bonchev–Trinajstić information content (AvgIpc) is 3.02. The van der Waals surface area contributed by atoms with Gasteiger partial charge in [0.2, 0.25) is 0 Å². The minimum absolute atomic E-state index is 0.0671. The lowest BCUT2D eigenvalue weighted by Gasteiger charge is -2.20. The quantitative estimate of drug-likeness (QED) is 0.799.